The number of benzene rings is 1. The second-order valence-electron chi connectivity index (χ2n) is 2.90. The molecule has 0 fully saturated rings. The van der Waals surface area contributed by atoms with E-state index in [1.54, 1.807) is 24.3 Å². The molecule has 1 aromatic rings. The van der Waals surface area contributed by atoms with Crippen molar-refractivity contribution in [2.24, 2.45) is 0 Å². The second kappa shape index (κ2) is 5.56. The Hall–Kier alpha value is -0.000000000000000167. The average molecular weight is 347 g/mol. The molecule has 0 aliphatic heterocycles. The molecule has 0 radical (unpaired) electrons. The van der Waals surface area contributed by atoms with Crippen LogP contribution in [0.5, 0.6) is 0 Å². The van der Waals surface area contributed by atoms with Gasteiger partial charge in [0.1, 0.15) is 0 Å². The maximum absolute atomic E-state index is 11.6. The number of amides is 1. The van der Waals surface area contributed by atoms with Crippen LogP contribution in [0.1, 0.15) is 10.4 Å². The molecule has 16 heavy (non-hydrogen) atoms. The molecule has 1 atom stereocenters. The monoisotopic (exact) mass is 345 g/mol. The van der Waals surface area contributed by atoms with Gasteiger partial charge in [0, 0.05) is 4.47 Å². The van der Waals surface area contributed by atoms with Crippen LogP contribution < -0.4 is 5.32 Å². The van der Waals surface area contributed by atoms with E-state index in [1.807, 2.05) is 0 Å². The van der Waals surface area contributed by atoms with Gasteiger partial charge in [-0.2, -0.15) is 0 Å². The Morgan fingerprint density at radius 3 is 2.44 bits per heavy atom. The van der Waals surface area contributed by atoms with Crippen LogP contribution in [0.4, 0.5) is 0 Å². The summed E-state index contributed by atoms with van der Waals surface area (Å²) < 4.78 is -1.37. The lowest BCUT2D eigenvalue weighted by molar-refractivity contribution is 0.0791. The molecule has 0 aliphatic carbocycles. The first-order valence-electron chi connectivity index (χ1n) is 4.12. The topological polar surface area (TPSA) is 49.3 Å². The van der Waals surface area contributed by atoms with Gasteiger partial charge in [0.05, 0.1) is 5.56 Å². The van der Waals surface area contributed by atoms with E-state index >= 15 is 0 Å². The Balaban J connectivity index is 2.78. The highest BCUT2D eigenvalue weighted by Crippen LogP contribution is 2.29. The van der Waals surface area contributed by atoms with Crippen LogP contribution in [0.3, 0.4) is 0 Å². The largest absolute Gasteiger partial charge is 0.369 e. The van der Waals surface area contributed by atoms with E-state index < -0.39 is 15.9 Å². The number of carbonyl (C=O) groups excluding carboxylic acids is 1. The van der Waals surface area contributed by atoms with E-state index in [4.69, 9.17) is 34.8 Å². The maximum atomic E-state index is 11.6. The Morgan fingerprint density at radius 2 is 1.94 bits per heavy atom. The third kappa shape index (κ3) is 3.79. The lowest BCUT2D eigenvalue weighted by Crippen LogP contribution is -2.43. The molecule has 88 valence electrons. The van der Waals surface area contributed by atoms with Gasteiger partial charge in [0.15, 0.2) is 6.23 Å². The van der Waals surface area contributed by atoms with Gasteiger partial charge in [-0.3, -0.25) is 4.79 Å². The van der Waals surface area contributed by atoms with Gasteiger partial charge >= 0.3 is 0 Å². The fraction of sp³-hybridized carbons (Fsp3) is 0.222. The number of hydrogen-bond donors (Lipinski definition) is 2. The van der Waals surface area contributed by atoms with Crippen LogP contribution in [-0.4, -0.2) is 21.0 Å². The maximum Gasteiger partial charge on any atom is 0.254 e. The molecule has 1 amide bonds. The van der Waals surface area contributed by atoms with Crippen molar-refractivity contribution in [2.45, 2.75) is 10.0 Å². The van der Waals surface area contributed by atoms with E-state index in [0.29, 0.717) is 10.0 Å². The quantitative estimate of drug-likeness (QED) is 0.638. The number of rotatable bonds is 2. The Bertz CT molecular complexity index is 395. The number of aliphatic hydroxyl groups is 1. The van der Waals surface area contributed by atoms with Crippen molar-refractivity contribution in [3.8, 4) is 0 Å². The van der Waals surface area contributed by atoms with Crippen LogP contribution in [0.25, 0.3) is 0 Å². The van der Waals surface area contributed by atoms with Gasteiger partial charge in [-0.25, -0.2) is 0 Å². The SMILES string of the molecule is O=C(N[C@H](O)C(Cl)(Cl)Cl)c1ccccc1Br. The summed E-state index contributed by atoms with van der Waals surface area (Å²) in [7, 11) is 0. The van der Waals surface area contributed by atoms with Crippen LogP contribution in [-0.2, 0) is 0 Å². The Labute approximate surface area is 116 Å². The first-order chi connectivity index (χ1) is 7.32. The van der Waals surface area contributed by atoms with E-state index in [-0.39, 0.29) is 0 Å². The van der Waals surface area contributed by atoms with Crippen LogP contribution in [0, 0.1) is 0 Å². The van der Waals surface area contributed by atoms with Crippen LogP contribution in [0.2, 0.25) is 0 Å². The van der Waals surface area contributed by atoms with Gasteiger partial charge in [0.2, 0.25) is 3.79 Å². The summed E-state index contributed by atoms with van der Waals surface area (Å²) in [5.41, 5.74) is 0.343. The van der Waals surface area contributed by atoms with Crippen molar-refractivity contribution in [1.29, 1.82) is 0 Å². The highest BCUT2D eigenvalue weighted by Gasteiger charge is 2.32. The molecule has 0 saturated carbocycles. The van der Waals surface area contributed by atoms with Crippen LogP contribution in [0.15, 0.2) is 28.7 Å². The molecule has 0 heterocycles. The summed E-state index contributed by atoms with van der Waals surface area (Å²) >= 11 is 19.4. The summed E-state index contributed by atoms with van der Waals surface area (Å²) in [4.78, 5) is 11.6. The zero-order chi connectivity index (χ0) is 12.3. The van der Waals surface area contributed by atoms with Gasteiger partial charge in [0.25, 0.3) is 5.91 Å². The molecule has 0 saturated heterocycles. The molecule has 3 nitrogen and oxygen atoms in total. The van der Waals surface area contributed by atoms with Crippen molar-refractivity contribution in [1.82, 2.24) is 5.32 Å². The Morgan fingerprint density at radius 1 is 1.38 bits per heavy atom. The smallest absolute Gasteiger partial charge is 0.254 e. The van der Waals surface area contributed by atoms with Crippen molar-refractivity contribution >= 4 is 56.6 Å². The first kappa shape index (κ1) is 14.1. The van der Waals surface area contributed by atoms with Gasteiger partial charge < -0.3 is 10.4 Å². The molecular formula is C9H7BrCl3NO2. The minimum Gasteiger partial charge on any atom is -0.369 e. The molecule has 1 aromatic carbocycles. The molecule has 0 spiro atoms. The lowest BCUT2D eigenvalue weighted by Gasteiger charge is -2.20. The number of halogens is 4. The average Bonchev–Trinajstić information content (AvgIpc) is 2.16. The Kier molecular flexibility index (Phi) is 4.88. The molecule has 1 rings (SSSR count). The summed E-state index contributed by atoms with van der Waals surface area (Å²) in [6.07, 6.45) is -1.57. The highest BCUT2D eigenvalue weighted by atomic mass is 79.9. The number of carbonyl (C=O) groups is 1. The normalized spacial score (nSPS) is 13.3. The fourth-order valence-corrected chi connectivity index (χ4v) is 1.56. The lowest BCUT2D eigenvalue weighted by atomic mass is 10.2. The third-order valence-corrected chi connectivity index (χ3v) is 3.01. The molecular weight excluding hydrogens is 340 g/mol. The molecule has 0 aromatic heterocycles. The summed E-state index contributed by atoms with van der Waals surface area (Å²) in [6.45, 7) is 0. The van der Waals surface area contributed by atoms with Crippen molar-refractivity contribution in [3.63, 3.8) is 0 Å². The standard InChI is InChI=1S/C9H7BrCl3NO2/c10-6-4-2-1-3-5(6)7(15)14-8(16)9(11,12)13/h1-4,8,16H,(H,14,15)/t8-/m1/s1. The minimum absolute atomic E-state index is 0.343. The zero-order valence-electron chi connectivity index (χ0n) is 7.75. The van der Waals surface area contributed by atoms with Crippen molar-refractivity contribution in [3.05, 3.63) is 34.3 Å². The number of aliphatic hydroxyl groups excluding tert-OH is 1. The van der Waals surface area contributed by atoms with Crippen molar-refractivity contribution in [2.75, 3.05) is 0 Å². The van der Waals surface area contributed by atoms with E-state index in [0.717, 1.165) is 0 Å². The molecule has 2 N–H and O–H groups in total. The molecule has 0 aliphatic rings. The molecule has 0 bridgehead atoms. The van der Waals surface area contributed by atoms with Gasteiger partial charge in [-0.15, -0.1) is 0 Å². The number of nitrogens with one attached hydrogen (secondary N) is 1. The van der Waals surface area contributed by atoms with Crippen LogP contribution >= 0.6 is 50.7 Å². The predicted octanol–water partition coefficient (Wildman–Crippen LogP) is 2.87. The van der Waals surface area contributed by atoms with E-state index in [9.17, 15) is 9.90 Å². The summed E-state index contributed by atoms with van der Waals surface area (Å²) in [6, 6.07) is 6.70. The fourth-order valence-electron chi connectivity index (χ4n) is 0.929. The van der Waals surface area contributed by atoms with Crippen molar-refractivity contribution < 1.29 is 9.90 Å². The van der Waals surface area contributed by atoms with Gasteiger partial charge in [-0.05, 0) is 28.1 Å². The van der Waals surface area contributed by atoms with E-state index in [2.05, 4.69) is 21.2 Å². The molecule has 7 heteroatoms. The number of hydrogen-bond acceptors (Lipinski definition) is 2. The minimum atomic E-state index is -1.96. The first-order valence-corrected chi connectivity index (χ1v) is 6.05. The molecule has 0 unspecified atom stereocenters. The summed E-state index contributed by atoms with van der Waals surface area (Å²) in [5, 5.41) is 11.5. The van der Waals surface area contributed by atoms with Gasteiger partial charge in [-0.1, -0.05) is 46.9 Å². The second-order valence-corrected chi connectivity index (χ2v) is 6.12. The third-order valence-electron chi connectivity index (χ3n) is 1.70. The number of alkyl halides is 3. The van der Waals surface area contributed by atoms with E-state index in [1.165, 1.54) is 0 Å². The summed E-state index contributed by atoms with van der Waals surface area (Å²) in [5.74, 6) is -0.536. The zero-order valence-corrected chi connectivity index (χ0v) is 11.6. The predicted molar refractivity (Wildman–Crippen MR) is 67.9 cm³/mol. The highest BCUT2D eigenvalue weighted by molar-refractivity contribution is 9.10.